The number of alkyl halides is 3. The number of Topliss-reactive ketones (excluding diaryl/α,β-unsaturated/α-hetero) is 1. The first-order chi connectivity index (χ1) is 4.66. The summed E-state index contributed by atoms with van der Waals surface area (Å²) in [6.07, 6.45) is -3.34. The molecule has 0 aromatic carbocycles. The number of carbonyl (C=O) groups excluding carboxylic acids is 1. The lowest BCUT2D eigenvalue weighted by molar-refractivity contribution is -0.120. The van der Waals surface area contributed by atoms with Crippen molar-refractivity contribution < 1.29 is 18.0 Å². The largest absolute Gasteiger partial charge is 0.300 e. The highest BCUT2D eigenvalue weighted by Crippen LogP contribution is 2.04. The highest BCUT2D eigenvalue weighted by atomic mass is 19.3. The third-order valence-electron chi connectivity index (χ3n) is 1.01. The van der Waals surface area contributed by atoms with Gasteiger partial charge < -0.3 is 0 Å². The number of hydrogen-bond acceptors (Lipinski definition) is 1. The number of ketones is 1. The van der Waals surface area contributed by atoms with Gasteiger partial charge in [0.25, 0.3) is 0 Å². The molecule has 0 aliphatic heterocycles. The monoisotopic (exact) mass is 154 g/mol. The maximum Gasteiger partial charge on any atom is 0.239 e. The highest BCUT2D eigenvalue weighted by molar-refractivity contribution is 5.78. The van der Waals surface area contributed by atoms with Crippen molar-refractivity contribution in [2.45, 2.75) is 25.7 Å². The van der Waals surface area contributed by atoms with E-state index in [1.165, 1.54) is 0 Å². The molecule has 0 bridgehead atoms. The predicted molar refractivity (Wildman–Crippen MR) is 30.8 cm³/mol. The molecule has 60 valence electrons. The fourth-order valence-corrected chi connectivity index (χ4v) is 0.500. The van der Waals surface area contributed by atoms with E-state index in [-0.39, 0.29) is 12.8 Å². The molecule has 4 heteroatoms. The molecular formula is C6H9F3O. The Hall–Kier alpha value is -0.540. The van der Waals surface area contributed by atoms with Gasteiger partial charge in [-0.3, -0.25) is 9.18 Å². The Morgan fingerprint density at radius 1 is 1.30 bits per heavy atom. The van der Waals surface area contributed by atoms with E-state index in [0.29, 0.717) is 0 Å². The third kappa shape index (κ3) is 5.59. The molecular weight excluding hydrogens is 145 g/mol. The van der Waals surface area contributed by atoms with Gasteiger partial charge in [0.05, 0.1) is 6.67 Å². The van der Waals surface area contributed by atoms with Crippen molar-refractivity contribution in [3.8, 4) is 0 Å². The Morgan fingerprint density at radius 3 is 2.30 bits per heavy atom. The number of rotatable bonds is 5. The Morgan fingerprint density at radius 2 is 1.90 bits per heavy atom. The first-order valence-corrected chi connectivity index (χ1v) is 3.02. The second-order valence-electron chi connectivity index (χ2n) is 1.91. The van der Waals surface area contributed by atoms with Gasteiger partial charge in [-0.1, -0.05) is 0 Å². The van der Waals surface area contributed by atoms with Crippen molar-refractivity contribution in [2.24, 2.45) is 0 Å². The predicted octanol–water partition coefficient (Wildman–Crippen LogP) is 1.96. The first kappa shape index (κ1) is 9.46. The van der Waals surface area contributed by atoms with Gasteiger partial charge in [-0.05, 0) is 0 Å². The smallest absolute Gasteiger partial charge is 0.239 e. The van der Waals surface area contributed by atoms with Crippen molar-refractivity contribution in [3.05, 3.63) is 0 Å². The van der Waals surface area contributed by atoms with Crippen LogP contribution in [0.3, 0.4) is 0 Å². The molecule has 0 unspecified atom stereocenters. The summed E-state index contributed by atoms with van der Waals surface area (Å²) in [4.78, 5) is 10.4. The van der Waals surface area contributed by atoms with Gasteiger partial charge in [0.2, 0.25) is 6.43 Å². The van der Waals surface area contributed by atoms with Crippen molar-refractivity contribution in [1.82, 2.24) is 0 Å². The first-order valence-electron chi connectivity index (χ1n) is 3.02. The van der Waals surface area contributed by atoms with Crippen LogP contribution in [-0.4, -0.2) is 18.9 Å². The molecule has 0 aliphatic carbocycles. The van der Waals surface area contributed by atoms with Crippen molar-refractivity contribution in [2.75, 3.05) is 6.67 Å². The maximum atomic E-state index is 11.4. The summed E-state index contributed by atoms with van der Waals surface area (Å²) in [6, 6.07) is 0. The van der Waals surface area contributed by atoms with E-state index in [1.807, 2.05) is 0 Å². The average Bonchev–Trinajstić information content (AvgIpc) is 1.85. The molecule has 0 heterocycles. The van der Waals surface area contributed by atoms with Crippen LogP contribution in [-0.2, 0) is 4.79 Å². The lowest BCUT2D eigenvalue weighted by atomic mass is 10.2. The Kier molecular flexibility index (Phi) is 4.98. The molecule has 0 spiro atoms. The number of halogens is 3. The zero-order chi connectivity index (χ0) is 7.98. The van der Waals surface area contributed by atoms with Gasteiger partial charge in [0.1, 0.15) is 5.78 Å². The normalized spacial score (nSPS) is 10.4. The fraction of sp³-hybridized carbons (Fsp3) is 0.833. The van der Waals surface area contributed by atoms with E-state index in [9.17, 15) is 18.0 Å². The highest BCUT2D eigenvalue weighted by Gasteiger charge is 2.06. The molecule has 0 aliphatic rings. The molecule has 0 N–H and O–H groups in total. The molecule has 10 heavy (non-hydrogen) atoms. The van der Waals surface area contributed by atoms with Crippen LogP contribution >= 0.6 is 0 Å². The molecule has 0 rings (SSSR count). The van der Waals surface area contributed by atoms with Gasteiger partial charge >= 0.3 is 0 Å². The standard InChI is InChI=1S/C6H9F3O/c7-4-3-5(10)1-2-6(8)9/h6H,1-4H2. The van der Waals surface area contributed by atoms with E-state index in [4.69, 9.17) is 0 Å². The molecule has 0 saturated carbocycles. The second-order valence-corrected chi connectivity index (χ2v) is 1.91. The second kappa shape index (κ2) is 5.26. The Balaban J connectivity index is 3.22. The van der Waals surface area contributed by atoms with Crippen LogP contribution in [0.1, 0.15) is 19.3 Å². The summed E-state index contributed by atoms with van der Waals surface area (Å²) in [7, 11) is 0. The minimum absolute atomic E-state index is 0.207. The van der Waals surface area contributed by atoms with Crippen LogP contribution in [0, 0.1) is 0 Å². The minimum Gasteiger partial charge on any atom is -0.300 e. The van der Waals surface area contributed by atoms with Crippen molar-refractivity contribution in [3.63, 3.8) is 0 Å². The molecule has 1 nitrogen and oxygen atoms in total. The van der Waals surface area contributed by atoms with Crippen LogP contribution < -0.4 is 0 Å². The van der Waals surface area contributed by atoms with Crippen molar-refractivity contribution >= 4 is 5.78 Å². The average molecular weight is 154 g/mol. The topological polar surface area (TPSA) is 17.1 Å². The van der Waals surface area contributed by atoms with Gasteiger partial charge in [0, 0.05) is 19.3 Å². The van der Waals surface area contributed by atoms with Gasteiger partial charge in [0.15, 0.2) is 0 Å². The van der Waals surface area contributed by atoms with Crippen LogP contribution in [0.2, 0.25) is 0 Å². The lowest BCUT2D eigenvalue weighted by Crippen LogP contribution is -2.01. The molecule has 0 aromatic rings. The van der Waals surface area contributed by atoms with Crippen LogP contribution in [0.25, 0.3) is 0 Å². The minimum atomic E-state index is -2.46. The molecule has 0 radical (unpaired) electrons. The van der Waals surface area contributed by atoms with Gasteiger partial charge in [-0.15, -0.1) is 0 Å². The molecule has 0 fully saturated rings. The van der Waals surface area contributed by atoms with Gasteiger partial charge in [-0.25, -0.2) is 8.78 Å². The zero-order valence-electron chi connectivity index (χ0n) is 5.45. The van der Waals surface area contributed by atoms with Crippen LogP contribution in [0.5, 0.6) is 0 Å². The van der Waals surface area contributed by atoms with E-state index in [2.05, 4.69) is 0 Å². The summed E-state index contributed by atoms with van der Waals surface area (Å²) in [5.74, 6) is -0.428. The van der Waals surface area contributed by atoms with E-state index >= 15 is 0 Å². The molecule has 0 amide bonds. The fourth-order valence-electron chi connectivity index (χ4n) is 0.500. The summed E-state index contributed by atoms with van der Waals surface area (Å²) in [5, 5.41) is 0. The molecule has 0 saturated heterocycles. The molecule has 0 aromatic heterocycles. The van der Waals surface area contributed by atoms with Crippen LogP contribution in [0.15, 0.2) is 0 Å². The van der Waals surface area contributed by atoms with Crippen molar-refractivity contribution in [1.29, 1.82) is 0 Å². The zero-order valence-corrected chi connectivity index (χ0v) is 5.45. The lowest BCUT2D eigenvalue weighted by Gasteiger charge is -1.95. The number of carbonyl (C=O) groups is 1. The van der Waals surface area contributed by atoms with E-state index < -0.39 is 25.3 Å². The Bertz CT molecular complexity index is 103. The summed E-state index contributed by atoms with van der Waals surface area (Å²) >= 11 is 0. The third-order valence-corrected chi connectivity index (χ3v) is 1.01. The van der Waals surface area contributed by atoms with Crippen LogP contribution in [0.4, 0.5) is 13.2 Å². The van der Waals surface area contributed by atoms with E-state index in [1.54, 1.807) is 0 Å². The molecule has 0 atom stereocenters. The summed E-state index contributed by atoms with van der Waals surface area (Å²) in [6.45, 7) is -0.748. The SMILES string of the molecule is O=C(CCF)CCC(F)F. The summed E-state index contributed by atoms with van der Waals surface area (Å²) in [5.41, 5.74) is 0. The van der Waals surface area contributed by atoms with Gasteiger partial charge in [-0.2, -0.15) is 0 Å². The number of hydrogen-bond donors (Lipinski definition) is 0. The van der Waals surface area contributed by atoms with E-state index in [0.717, 1.165) is 0 Å². The quantitative estimate of drug-likeness (QED) is 0.591. The Labute approximate surface area is 57.2 Å². The maximum absolute atomic E-state index is 11.4. The summed E-state index contributed by atoms with van der Waals surface area (Å²) < 4.78 is 34.1.